The van der Waals surface area contributed by atoms with E-state index < -0.39 is 16.1 Å². The number of ether oxygens (including phenoxy) is 2. The molecule has 9 nitrogen and oxygen atoms in total. The molecule has 0 spiro atoms. The van der Waals surface area contributed by atoms with Gasteiger partial charge in [0.25, 0.3) is 15.9 Å². The summed E-state index contributed by atoms with van der Waals surface area (Å²) in [7, 11) is -0.493. The Hall–Kier alpha value is -3.60. The van der Waals surface area contributed by atoms with Gasteiger partial charge in [0.05, 0.1) is 35.9 Å². The second-order valence-electron chi connectivity index (χ2n) is 10.3. The number of fused-ring (bicyclic) bond motifs is 1. The Balaban J connectivity index is 1.70. The summed E-state index contributed by atoms with van der Waals surface area (Å²) >= 11 is 0. The molecule has 1 aliphatic rings. The van der Waals surface area contributed by atoms with E-state index in [1.807, 2.05) is 32.2 Å². The monoisotopic (exact) mass is 567 g/mol. The van der Waals surface area contributed by atoms with Gasteiger partial charge in [-0.05, 0) is 55.9 Å². The molecule has 2 N–H and O–H groups in total. The summed E-state index contributed by atoms with van der Waals surface area (Å²) in [5.74, 6) is 0.261. The number of amides is 1. The van der Waals surface area contributed by atoms with Gasteiger partial charge in [-0.2, -0.15) is 0 Å². The molecule has 1 amide bonds. The van der Waals surface area contributed by atoms with Crippen LogP contribution >= 0.6 is 0 Å². The zero-order valence-electron chi connectivity index (χ0n) is 23.3. The molecular weight excluding hydrogens is 530 g/mol. The minimum Gasteiger partial charge on any atom is -0.497 e. The third kappa shape index (κ3) is 6.75. The molecule has 40 heavy (non-hydrogen) atoms. The molecule has 0 fully saturated rings. The maximum absolute atomic E-state index is 13.7. The molecule has 1 heterocycles. The molecular formula is C30H37N3O6S. The fraction of sp³-hybridized carbons (Fsp3) is 0.367. The highest BCUT2D eigenvalue weighted by Gasteiger charge is 2.35. The fourth-order valence-electron chi connectivity index (χ4n) is 4.77. The second kappa shape index (κ2) is 12.7. The van der Waals surface area contributed by atoms with E-state index in [1.54, 1.807) is 42.2 Å². The largest absolute Gasteiger partial charge is 0.497 e. The number of nitrogens with one attached hydrogen (secondary N) is 1. The highest BCUT2D eigenvalue weighted by Crippen LogP contribution is 2.36. The molecule has 0 saturated carbocycles. The van der Waals surface area contributed by atoms with Gasteiger partial charge in [-0.25, -0.2) is 8.42 Å². The van der Waals surface area contributed by atoms with Crippen molar-refractivity contribution in [1.29, 1.82) is 0 Å². The number of methoxy groups -OCH3 is 1. The van der Waals surface area contributed by atoms with Crippen LogP contribution in [0.15, 0.2) is 77.7 Å². The summed E-state index contributed by atoms with van der Waals surface area (Å²) in [4.78, 5) is 17.5. The van der Waals surface area contributed by atoms with Crippen molar-refractivity contribution < 1.29 is 27.8 Å². The molecule has 0 bridgehead atoms. The van der Waals surface area contributed by atoms with Gasteiger partial charge in [-0.1, -0.05) is 43.3 Å². The van der Waals surface area contributed by atoms with Gasteiger partial charge in [0.15, 0.2) is 5.75 Å². The van der Waals surface area contributed by atoms with E-state index in [0.29, 0.717) is 25.4 Å². The first kappa shape index (κ1) is 29.4. The van der Waals surface area contributed by atoms with E-state index >= 15 is 0 Å². The Bertz CT molecular complexity index is 1400. The third-order valence-electron chi connectivity index (χ3n) is 7.09. The van der Waals surface area contributed by atoms with Gasteiger partial charge < -0.3 is 19.5 Å². The number of aliphatic hydroxyl groups excluding tert-OH is 1. The molecule has 0 aliphatic carbocycles. The highest BCUT2D eigenvalue weighted by atomic mass is 32.2. The zero-order chi connectivity index (χ0) is 28.9. The van der Waals surface area contributed by atoms with E-state index in [0.717, 1.165) is 5.56 Å². The molecule has 0 aromatic heterocycles. The van der Waals surface area contributed by atoms with Crippen LogP contribution in [0.2, 0.25) is 0 Å². The number of rotatable bonds is 10. The molecule has 0 unspecified atom stereocenters. The molecule has 3 aromatic rings. The van der Waals surface area contributed by atoms with Crippen molar-refractivity contribution in [2.75, 3.05) is 38.6 Å². The Morgan fingerprint density at radius 3 is 2.45 bits per heavy atom. The third-order valence-corrected chi connectivity index (χ3v) is 8.47. The summed E-state index contributed by atoms with van der Waals surface area (Å²) < 4.78 is 41.0. The van der Waals surface area contributed by atoms with Gasteiger partial charge in [-0.15, -0.1) is 0 Å². The van der Waals surface area contributed by atoms with Crippen LogP contribution in [-0.2, 0) is 16.6 Å². The molecule has 1 aliphatic heterocycles. The molecule has 0 saturated heterocycles. The minimum atomic E-state index is -4.00. The van der Waals surface area contributed by atoms with Crippen molar-refractivity contribution in [3.63, 3.8) is 0 Å². The number of carbonyl (C=O) groups is 1. The molecule has 0 radical (unpaired) electrons. The van der Waals surface area contributed by atoms with E-state index in [-0.39, 0.29) is 46.4 Å². The lowest BCUT2D eigenvalue weighted by atomic mass is 9.99. The number of nitrogens with zero attached hydrogens (tertiary/aromatic N) is 2. The lowest BCUT2D eigenvalue weighted by molar-refractivity contribution is 0.0344. The first-order chi connectivity index (χ1) is 19.1. The Kier molecular flexibility index (Phi) is 9.34. The number of hydrogen-bond acceptors (Lipinski definition) is 7. The number of sulfonamides is 1. The number of anilines is 1. The summed E-state index contributed by atoms with van der Waals surface area (Å²) in [6, 6.07) is 20.5. The van der Waals surface area contributed by atoms with Gasteiger partial charge in [-0.3, -0.25) is 14.4 Å². The highest BCUT2D eigenvalue weighted by molar-refractivity contribution is 7.92. The van der Waals surface area contributed by atoms with Gasteiger partial charge >= 0.3 is 0 Å². The fourth-order valence-corrected chi connectivity index (χ4v) is 5.83. The van der Waals surface area contributed by atoms with Crippen molar-refractivity contribution in [1.82, 2.24) is 9.80 Å². The quantitative estimate of drug-likeness (QED) is 0.383. The number of likely N-dealkylation sites (N-methyl/N-ethyl adjacent to an activating group) is 1. The van der Waals surface area contributed by atoms with Crippen molar-refractivity contribution >= 4 is 21.6 Å². The average Bonchev–Trinajstić information content (AvgIpc) is 2.95. The minimum absolute atomic E-state index is 0.0473. The van der Waals surface area contributed by atoms with Crippen LogP contribution in [0.1, 0.15) is 29.8 Å². The summed E-state index contributed by atoms with van der Waals surface area (Å²) in [5, 5.41) is 9.91. The van der Waals surface area contributed by atoms with Crippen LogP contribution in [0.5, 0.6) is 11.5 Å². The number of hydrogen-bond donors (Lipinski definition) is 2. The van der Waals surface area contributed by atoms with Gasteiger partial charge in [0.1, 0.15) is 11.9 Å². The lowest BCUT2D eigenvalue weighted by Gasteiger charge is -2.38. The van der Waals surface area contributed by atoms with Crippen molar-refractivity contribution in [3.05, 3.63) is 83.9 Å². The maximum atomic E-state index is 13.7. The average molecular weight is 568 g/mol. The van der Waals surface area contributed by atoms with Crippen LogP contribution in [0, 0.1) is 5.92 Å². The van der Waals surface area contributed by atoms with Crippen LogP contribution in [0.25, 0.3) is 0 Å². The Labute approximate surface area is 236 Å². The lowest BCUT2D eigenvalue weighted by Crippen LogP contribution is -2.49. The van der Waals surface area contributed by atoms with Crippen LogP contribution in [-0.4, -0.2) is 75.2 Å². The first-order valence-corrected chi connectivity index (χ1v) is 14.7. The number of benzene rings is 3. The van der Waals surface area contributed by atoms with E-state index in [9.17, 15) is 18.3 Å². The second-order valence-corrected chi connectivity index (χ2v) is 12.0. The Morgan fingerprint density at radius 2 is 1.80 bits per heavy atom. The standard InChI is InChI=1S/C30H37N3O6S/c1-21-17-33(22(2)20-34)30(35)26-11-8-12-27(31-40(36,37)25-15-13-24(38-4)14-16-25)29(26)39-28(21)19-32(3)18-23-9-6-5-7-10-23/h5-16,21-22,28,31,34H,17-20H2,1-4H3/t21-,22+,28-/m1/s1. The molecule has 3 aromatic carbocycles. The normalized spacial score (nSPS) is 18.4. The van der Waals surface area contributed by atoms with Crippen molar-refractivity contribution in [3.8, 4) is 11.5 Å². The molecule has 3 atom stereocenters. The molecule has 214 valence electrons. The van der Waals surface area contributed by atoms with Crippen LogP contribution < -0.4 is 14.2 Å². The van der Waals surface area contributed by atoms with Gasteiger partial charge in [0, 0.05) is 25.6 Å². The molecule has 4 rings (SSSR count). The van der Waals surface area contributed by atoms with E-state index in [4.69, 9.17) is 9.47 Å². The number of carbonyl (C=O) groups excluding carboxylic acids is 1. The van der Waals surface area contributed by atoms with Crippen molar-refractivity contribution in [2.45, 2.75) is 37.4 Å². The molecule has 10 heteroatoms. The van der Waals surface area contributed by atoms with E-state index in [2.05, 4.69) is 21.8 Å². The maximum Gasteiger partial charge on any atom is 0.262 e. The zero-order valence-corrected chi connectivity index (χ0v) is 24.1. The Morgan fingerprint density at radius 1 is 1.10 bits per heavy atom. The summed E-state index contributed by atoms with van der Waals surface area (Å²) in [5.41, 5.74) is 1.56. The predicted octanol–water partition coefficient (Wildman–Crippen LogP) is 3.85. The van der Waals surface area contributed by atoms with Crippen LogP contribution in [0.3, 0.4) is 0 Å². The summed E-state index contributed by atoms with van der Waals surface area (Å²) in [6.45, 7) is 5.20. The van der Waals surface area contributed by atoms with E-state index in [1.165, 1.54) is 19.2 Å². The van der Waals surface area contributed by atoms with Crippen LogP contribution in [0.4, 0.5) is 5.69 Å². The summed E-state index contributed by atoms with van der Waals surface area (Å²) in [6.07, 6.45) is -0.374. The number of para-hydroxylation sites is 1. The number of aliphatic hydroxyl groups is 1. The topological polar surface area (TPSA) is 108 Å². The first-order valence-electron chi connectivity index (χ1n) is 13.2. The SMILES string of the molecule is COc1ccc(S(=O)(=O)Nc2cccc3c2O[C@H](CN(C)Cc2ccccc2)[C@H](C)CN([C@@H](C)CO)C3=O)cc1. The van der Waals surface area contributed by atoms with Gasteiger partial charge in [0.2, 0.25) is 0 Å². The smallest absolute Gasteiger partial charge is 0.262 e. The predicted molar refractivity (Wildman–Crippen MR) is 154 cm³/mol. The van der Waals surface area contributed by atoms with Crippen molar-refractivity contribution in [2.24, 2.45) is 5.92 Å².